The molecule has 0 saturated heterocycles. The highest BCUT2D eigenvalue weighted by Gasteiger charge is 2.19. The van der Waals surface area contributed by atoms with Gasteiger partial charge in [-0.1, -0.05) is 25.7 Å². The van der Waals surface area contributed by atoms with Crippen molar-refractivity contribution in [2.24, 2.45) is 5.92 Å². The van der Waals surface area contributed by atoms with Crippen molar-refractivity contribution in [2.45, 2.75) is 43.4 Å². The lowest BCUT2D eigenvalue weighted by atomic mass is 10.0. The topological polar surface area (TPSA) is 101 Å². The lowest BCUT2D eigenvalue weighted by Gasteiger charge is -2.09. The number of H-pyrrole nitrogens is 1. The predicted octanol–water partition coefficient (Wildman–Crippen LogP) is 1.24. The van der Waals surface area contributed by atoms with E-state index in [1.165, 1.54) is 31.9 Å². The van der Waals surface area contributed by atoms with Crippen LogP contribution in [0.3, 0.4) is 0 Å². The van der Waals surface area contributed by atoms with E-state index < -0.39 is 10.0 Å². The van der Waals surface area contributed by atoms with Crippen LogP contribution in [-0.2, 0) is 10.0 Å². The minimum absolute atomic E-state index is 0.0309. The lowest BCUT2D eigenvalue weighted by Crippen LogP contribution is -2.25. The Labute approximate surface area is 107 Å². The van der Waals surface area contributed by atoms with Crippen LogP contribution in [0.5, 0.6) is 0 Å². The molecule has 1 saturated carbocycles. The largest absolute Gasteiger partial charge is 0.383 e. The SMILES string of the molecule is Nc1[nH]ncc1S(=O)(=O)NCCCC1CCCC1. The van der Waals surface area contributed by atoms with Crippen LogP contribution in [0, 0.1) is 5.92 Å². The van der Waals surface area contributed by atoms with Gasteiger partial charge in [-0.25, -0.2) is 13.1 Å². The van der Waals surface area contributed by atoms with E-state index in [-0.39, 0.29) is 10.7 Å². The Hall–Kier alpha value is -1.08. The van der Waals surface area contributed by atoms with E-state index in [9.17, 15) is 8.42 Å². The normalized spacial score (nSPS) is 17.3. The first-order valence-corrected chi connectivity index (χ1v) is 7.86. The van der Waals surface area contributed by atoms with Gasteiger partial charge in [-0.3, -0.25) is 5.10 Å². The molecule has 6 nitrogen and oxygen atoms in total. The van der Waals surface area contributed by atoms with Gasteiger partial charge in [-0.05, 0) is 18.8 Å². The molecule has 102 valence electrons. The molecule has 2 rings (SSSR count). The van der Waals surface area contributed by atoms with E-state index >= 15 is 0 Å². The van der Waals surface area contributed by atoms with Gasteiger partial charge in [0.25, 0.3) is 0 Å². The van der Waals surface area contributed by atoms with Gasteiger partial charge in [0.15, 0.2) is 0 Å². The standard InChI is InChI=1S/C11H20N4O2S/c12-11-10(8-13-15-11)18(16,17)14-7-3-6-9-4-1-2-5-9/h8-9,14H,1-7H2,(H3,12,13,15). The molecular weight excluding hydrogens is 252 g/mol. The summed E-state index contributed by atoms with van der Waals surface area (Å²) in [5, 5.41) is 6.03. The number of sulfonamides is 1. The first kappa shape index (κ1) is 13.4. The fourth-order valence-corrected chi connectivity index (χ4v) is 3.57. The van der Waals surface area contributed by atoms with E-state index in [0.717, 1.165) is 18.8 Å². The highest BCUT2D eigenvalue weighted by atomic mass is 32.2. The van der Waals surface area contributed by atoms with Crippen LogP contribution >= 0.6 is 0 Å². The monoisotopic (exact) mass is 272 g/mol. The van der Waals surface area contributed by atoms with Crippen LogP contribution in [0.2, 0.25) is 0 Å². The van der Waals surface area contributed by atoms with Crippen LogP contribution in [0.15, 0.2) is 11.1 Å². The number of aromatic nitrogens is 2. The van der Waals surface area contributed by atoms with Crippen molar-refractivity contribution >= 4 is 15.8 Å². The van der Waals surface area contributed by atoms with E-state index in [1.807, 2.05) is 0 Å². The van der Waals surface area contributed by atoms with Crippen molar-refractivity contribution in [3.63, 3.8) is 0 Å². The summed E-state index contributed by atoms with van der Waals surface area (Å²) in [6.45, 7) is 0.462. The quantitative estimate of drug-likeness (QED) is 0.678. The zero-order valence-electron chi connectivity index (χ0n) is 10.4. The Morgan fingerprint density at radius 2 is 2.17 bits per heavy atom. The third-order valence-corrected chi connectivity index (χ3v) is 4.97. The fraction of sp³-hybridized carbons (Fsp3) is 0.727. The molecule has 4 N–H and O–H groups in total. The first-order valence-electron chi connectivity index (χ1n) is 6.38. The summed E-state index contributed by atoms with van der Waals surface area (Å²) in [4.78, 5) is 0.0309. The Kier molecular flexibility index (Phi) is 4.23. The maximum absolute atomic E-state index is 11.9. The van der Waals surface area contributed by atoms with Crippen LogP contribution in [0.25, 0.3) is 0 Å². The second-order valence-electron chi connectivity index (χ2n) is 4.84. The van der Waals surface area contributed by atoms with Crippen LogP contribution < -0.4 is 10.5 Å². The number of nitrogens with zero attached hydrogens (tertiary/aromatic N) is 1. The highest BCUT2D eigenvalue weighted by molar-refractivity contribution is 7.89. The molecule has 0 spiro atoms. The summed E-state index contributed by atoms with van der Waals surface area (Å²) in [6.07, 6.45) is 8.44. The third kappa shape index (κ3) is 3.23. The number of nitrogens with two attached hydrogens (primary N) is 1. The average Bonchev–Trinajstić information content (AvgIpc) is 2.95. The summed E-state index contributed by atoms with van der Waals surface area (Å²) in [5.41, 5.74) is 5.49. The Morgan fingerprint density at radius 3 is 2.78 bits per heavy atom. The van der Waals surface area contributed by atoms with Gasteiger partial charge in [0.1, 0.15) is 10.7 Å². The second-order valence-corrected chi connectivity index (χ2v) is 6.57. The van der Waals surface area contributed by atoms with E-state index in [1.54, 1.807) is 0 Å². The number of nitrogens with one attached hydrogen (secondary N) is 2. The molecule has 0 bridgehead atoms. The number of rotatable bonds is 6. The molecule has 0 aliphatic heterocycles. The van der Waals surface area contributed by atoms with E-state index in [2.05, 4.69) is 14.9 Å². The highest BCUT2D eigenvalue weighted by Crippen LogP contribution is 2.28. The minimum atomic E-state index is -3.51. The molecule has 7 heteroatoms. The van der Waals surface area contributed by atoms with E-state index in [4.69, 9.17) is 5.73 Å². The van der Waals surface area contributed by atoms with Crippen molar-refractivity contribution in [3.8, 4) is 0 Å². The molecule has 1 aromatic rings. The smallest absolute Gasteiger partial charge is 0.245 e. The van der Waals surface area contributed by atoms with Crippen LogP contribution in [0.1, 0.15) is 38.5 Å². The molecule has 0 atom stereocenters. The number of nitrogen functional groups attached to an aromatic ring is 1. The van der Waals surface area contributed by atoms with Crippen molar-refractivity contribution in [3.05, 3.63) is 6.20 Å². The molecule has 1 aliphatic rings. The second kappa shape index (κ2) is 5.71. The number of anilines is 1. The minimum Gasteiger partial charge on any atom is -0.383 e. The zero-order chi connectivity index (χ0) is 13.0. The van der Waals surface area contributed by atoms with Gasteiger partial charge in [0.05, 0.1) is 6.20 Å². The van der Waals surface area contributed by atoms with Crippen molar-refractivity contribution in [2.75, 3.05) is 12.3 Å². The van der Waals surface area contributed by atoms with Crippen LogP contribution in [-0.4, -0.2) is 25.2 Å². The lowest BCUT2D eigenvalue weighted by molar-refractivity contribution is 0.480. The molecule has 0 radical (unpaired) electrons. The summed E-state index contributed by atoms with van der Waals surface area (Å²) >= 11 is 0. The third-order valence-electron chi connectivity index (χ3n) is 3.48. The molecule has 18 heavy (non-hydrogen) atoms. The number of hydrogen-bond acceptors (Lipinski definition) is 4. The molecular formula is C11H20N4O2S. The first-order chi connectivity index (χ1) is 8.59. The predicted molar refractivity (Wildman–Crippen MR) is 69.4 cm³/mol. The summed E-state index contributed by atoms with van der Waals surface area (Å²) in [6, 6.07) is 0. The summed E-state index contributed by atoms with van der Waals surface area (Å²) < 4.78 is 26.3. The van der Waals surface area contributed by atoms with Gasteiger partial charge in [0.2, 0.25) is 10.0 Å². The molecule has 1 heterocycles. The Bertz CT molecular complexity index is 477. The zero-order valence-corrected chi connectivity index (χ0v) is 11.2. The van der Waals surface area contributed by atoms with E-state index in [0.29, 0.717) is 6.54 Å². The average molecular weight is 272 g/mol. The van der Waals surface area contributed by atoms with Crippen LogP contribution in [0.4, 0.5) is 5.82 Å². The summed E-state index contributed by atoms with van der Waals surface area (Å²) in [5.74, 6) is 0.867. The van der Waals surface area contributed by atoms with Crippen molar-refractivity contribution in [1.29, 1.82) is 0 Å². The van der Waals surface area contributed by atoms with Gasteiger partial charge in [-0.2, -0.15) is 5.10 Å². The number of aromatic amines is 1. The van der Waals surface area contributed by atoms with Gasteiger partial charge in [-0.15, -0.1) is 0 Å². The Morgan fingerprint density at radius 1 is 1.44 bits per heavy atom. The molecule has 0 amide bonds. The van der Waals surface area contributed by atoms with Gasteiger partial charge < -0.3 is 5.73 Å². The van der Waals surface area contributed by atoms with Gasteiger partial charge >= 0.3 is 0 Å². The Balaban J connectivity index is 1.77. The molecule has 1 aliphatic carbocycles. The molecule has 1 aromatic heterocycles. The van der Waals surface area contributed by atoms with Crippen molar-refractivity contribution in [1.82, 2.24) is 14.9 Å². The fourth-order valence-electron chi connectivity index (χ4n) is 2.47. The van der Waals surface area contributed by atoms with Gasteiger partial charge in [0, 0.05) is 6.54 Å². The molecule has 0 unspecified atom stereocenters. The maximum Gasteiger partial charge on any atom is 0.245 e. The maximum atomic E-state index is 11.9. The molecule has 0 aromatic carbocycles. The molecule has 1 fully saturated rings. The summed E-state index contributed by atoms with van der Waals surface area (Å²) in [7, 11) is -3.51. The van der Waals surface area contributed by atoms with Crippen molar-refractivity contribution < 1.29 is 8.42 Å². The number of hydrogen-bond donors (Lipinski definition) is 3.